The Labute approximate surface area is 102 Å². The number of hydrogen-bond acceptors (Lipinski definition) is 4. The molecule has 1 aromatic carbocycles. The van der Waals surface area contributed by atoms with Crippen LogP contribution in [0.1, 0.15) is 5.56 Å². The number of thiazole rings is 1. The molecule has 0 saturated heterocycles. The number of fused-ring (bicyclic) bond motifs is 1. The lowest BCUT2D eigenvalue weighted by Gasteiger charge is -1.92. The fraction of sp³-hybridized carbons (Fsp3) is 0.0769. The average Bonchev–Trinajstić information content (AvgIpc) is 2.82. The molecule has 3 rings (SSSR count). The van der Waals surface area contributed by atoms with Crippen LogP contribution in [0.15, 0.2) is 42.6 Å². The Bertz CT molecular complexity index is 649. The van der Waals surface area contributed by atoms with Crippen molar-refractivity contribution in [3.05, 3.63) is 48.2 Å². The third-order valence-corrected chi connectivity index (χ3v) is 3.54. The van der Waals surface area contributed by atoms with Crippen molar-refractivity contribution in [2.75, 3.05) is 0 Å². The van der Waals surface area contributed by atoms with Gasteiger partial charge in [-0.1, -0.05) is 41.7 Å². The molecule has 0 saturated carbocycles. The minimum atomic E-state index is 0.00113. The SMILES string of the molecule is OCc1cnc2sc(-c3ccccc3)nc2c1. The Morgan fingerprint density at radius 2 is 2.00 bits per heavy atom. The second-order valence-electron chi connectivity index (χ2n) is 3.71. The molecule has 3 aromatic rings. The van der Waals surface area contributed by atoms with Crippen molar-refractivity contribution in [3.8, 4) is 10.6 Å². The van der Waals surface area contributed by atoms with Gasteiger partial charge in [-0.15, -0.1) is 0 Å². The van der Waals surface area contributed by atoms with Crippen LogP contribution in [0.3, 0.4) is 0 Å². The van der Waals surface area contributed by atoms with Crippen LogP contribution < -0.4 is 0 Å². The summed E-state index contributed by atoms with van der Waals surface area (Å²) in [6.07, 6.45) is 1.69. The molecule has 17 heavy (non-hydrogen) atoms. The van der Waals surface area contributed by atoms with Crippen LogP contribution in [0.4, 0.5) is 0 Å². The van der Waals surface area contributed by atoms with Gasteiger partial charge in [0.1, 0.15) is 15.4 Å². The van der Waals surface area contributed by atoms with Gasteiger partial charge in [-0.05, 0) is 11.6 Å². The first-order chi connectivity index (χ1) is 8.36. The summed E-state index contributed by atoms with van der Waals surface area (Å²) in [6, 6.07) is 11.9. The smallest absolute Gasteiger partial charge is 0.143 e. The minimum absolute atomic E-state index is 0.00113. The van der Waals surface area contributed by atoms with Crippen molar-refractivity contribution in [1.82, 2.24) is 9.97 Å². The first kappa shape index (κ1) is 10.4. The maximum Gasteiger partial charge on any atom is 0.143 e. The van der Waals surface area contributed by atoms with Gasteiger partial charge in [0.05, 0.1) is 6.61 Å². The summed E-state index contributed by atoms with van der Waals surface area (Å²) < 4.78 is 0. The number of aliphatic hydroxyl groups excluding tert-OH is 1. The van der Waals surface area contributed by atoms with Gasteiger partial charge in [0.15, 0.2) is 0 Å². The molecule has 2 aromatic heterocycles. The lowest BCUT2D eigenvalue weighted by Crippen LogP contribution is -1.84. The largest absolute Gasteiger partial charge is 0.392 e. The zero-order valence-electron chi connectivity index (χ0n) is 9.00. The normalized spacial score (nSPS) is 10.9. The van der Waals surface area contributed by atoms with Gasteiger partial charge in [0.25, 0.3) is 0 Å². The van der Waals surface area contributed by atoms with E-state index in [4.69, 9.17) is 5.11 Å². The molecule has 0 aliphatic carbocycles. The number of hydrogen-bond donors (Lipinski definition) is 1. The van der Waals surface area contributed by atoms with Gasteiger partial charge in [-0.2, -0.15) is 0 Å². The fourth-order valence-corrected chi connectivity index (χ4v) is 2.55. The predicted octanol–water partition coefficient (Wildman–Crippen LogP) is 2.85. The summed E-state index contributed by atoms with van der Waals surface area (Å²) in [7, 11) is 0. The molecule has 84 valence electrons. The van der Waals surface area contributed by atoms with E-state index in [1.54, 1.807) is 17.5 Å². The van der Waals surface area contributed by atoms with Crippen LogP contribution in [-0.2, 0) is 6.61 Å². The second kappa shape index (κ2) is 4.24. The molecular formula is C13H10N2OS. The van der Waals surface area contributed by atoms with Gasteiger partial charge in [0, 0.05) is 11.8 Å². The van der Waals surface area contributed by atoms with Gasteiger partial charge in [0.2, 0.25) is 0 Å². The Balaban J connectivity index is 2.14. The molecule has 0 unspecified atom stereocenters. The summed E-state index contributed by atoms with van der Waals surface area (Å²) in [5, 5.41) is 10.0. The number of rotatable bonds is 2. The Morgan fingerprint density at radius 1 is 1.18 bits per heavy atom. The van der Waals surface area contributed by atoms with E-state index in [0.29, 0.717) is 0 Å². The quantitative estimate of drug-likeness (QED) is 0.751. The van der Waals surface area contributed by atoms with Crippen molar-refractivity contribution in [3.63, 3.8) is 0 Å². The lowest BCUT2D eigenvalue weighted by atomic mass is 10.2. The van der Waals surface area contributed by atoms with Crippen molar-refractivity contribution in [1.29, 1.82) is 0 Å². The summed E-state index contributed by atoms with van der Waals surface area (Å²) in [4.78, 5) is 9.73. The third kappa shape index (κ3) is 1.92. The minimum Gasteiger partial charge on any atom is -0.392 e. The molecule has 0 radical (unpaired) electrons. The fourth-order valence-electron chi connectivity index (χ4n) is 1.66. The van der Waals surface area contributed by atoms with Crippen molar-refractivity contribution < 1.29 is 5.11 Å². The Kier molecular flexibility index (Phi) is 2.59. The Hall–Kier alpha value is -1.78. The van der Waals surface area contributed by atoms with Gasteiger partial charge < -0.3 is 5.11 Å². The zero-order chi connectivity index (χ0) is 11.7. The Morgan fingerprint density at radius 3 is 2.76 bits per heavy atom. The van der Waals surface area contributed by atoms with Gasteiger partial charge >= 0.3 is 0 Å². The van der Waals surface area contributed by atoms with E-state index in [-0.39, 0.29) is 6.61 Å². The molecule has 0 aliphatic heterocycles. The van der Waals surface area contributed by atoms with E-state index in [1.807, 2.05) is 36.4 Å². The van der Waals surface area contributed by atoms with Crippen LogP contribution in [0.25, 0.3) is 20.9 Å². The maximum absolute atomic E-state index is 9.06. The van der Waals surface area contributed by atoms with E-state index < -0.39 is 0 Å². The summed E-state index contributed by atoms with van der Waals surface area (Å²) >= 11 is 1.57. The highest BCUT2D eigenvalue weighted by molar-refractivity contribution is 7.21. The number of benzene rings is 1. The van der Waals surface area contributed by atoms with Crippen molar-refractivity contribution in [2.45, 2.75) is 6.61 Å². The highest BCUT2D eigenvalue weighted by Gasteiger charge is 2.07. The standard InChI is InChI=1S/C13H10N2OS/c16-8-9-6-11-13(14-7-9)17-12(15-11)10-4-2-1-3-5-10/h1-7,16H,8H2. The number of aliphatic hydroxyl groups is 1. The number of aromatic nitrogens is 2. The summed E-state index contributed by atoms with van der Waals surface area (Å²) in [6.45, 7) is 0.00113. The molecular weight excluding hydrogens is 232 g/mol. The van der Waals surface area contributed by atoms with Gasteiger partial charge in [-0.25, -0.2) is 9.97 Å². The second-order valence-corrected chi connectivity index (χ2v) is 4.69. The molecule has 3 nitrogen and oxygen atoms in total. The first-order valence-corrected chi connectivity index (χ1v) is 6.10. The topological polar surface area (TPSA) is 46.0 Å². The van der Waals surface area contributed by atoms with Crippen molar-refractivity contribution in [2.24, 2.45) is 0 Å². The van der Waals surface area contributed by atoms with E-state index in [2.05, 4.69) is 9.97 Å². The summed E-state index contributed by atoms with van der Waals surface area (Å²) in [5.41, 5.74) is 2.74. The van der Waals surface area contributed by atoms with Crippen LogP contribution >= 0.6 is 11.3 Å². The monoisotopic (exact) mass is 242 g/mol. The molecule has 0 aliphatic rings. The molecule has 0 atom stereocenters. The van der Waals surface area contributed by atoms with Crippen LogP contribution in [0.5, 0.6) is 0 Å². The molecule has 1 N–H and O–H groups in total. The van der Waals surface area contributed by atoms with E-state index in [0.717, 1.165) is 26.5 Å². The maximum atomic E-state index is 9.06. The van der Waals surface area contributed by atoms with E-state index in [1.165, 1.54) is 0 Å². The first-order valence-electron chi connectivity index (χ1n) is 5.28. The van der Waals surface area contributed by atoms with Crippen molar-refractivity contribution >= 4 is 21.7 Å². The van der Waals surface area contributed by atoms with Crippen LogP contribution in [-0.4, -0.2) is 15.1 Å². The highest BCUT2D eigenvalue weighted by atomic mass is 32.1. The molecule has 0 amide bonds. The average molecular weight is 242 g/mol. The van der Waals surface area contributed by atoms with Gasteiger partial charge in [-0.3, -0.25) is 0 Å². The molecule has 2 heterocycles. The van der Waals surface area contributed by atoms with Crippen LogP contribution in [0.2, 0.25) is 0 Å². The molecule has 0 bridgehead atoms. The number of nitrogens with zero attached hydrogens (tertiary/aromatic N) is 2. The van der Waals surface area contributed by atoms with E-state index in [9.17, 15) is 0 Å². The molecule has 0 spiro atoms. The highest BCUT2D eigenvalue weighted by Crippen LogP contribution is 2.28. The lowest BCUT2D eigenvalue weighted by molar-refractivity contribution is 0.281. The van der Waals surface area contributed by atoms with Crippen LogP contribution in [0, 0.1) is 0 Å². The molecule has 4 heteroatoms. The summed E-state index contributed by atoms with van der Waals surface area (Å²) in [5.74, 6) is 0. The number of pyridine rings is 1. The predicted molar refractivity (Wildman–Crippen MR) is 68.8 cm³/mol. The third-order valence-electron chi connectivity index (χ3n) is 2.51. The van der Waals surface area contributed by atoms with E-state index >= 15 is 0 Å². The molecule has 0 fully saturated rings. The zero-order valence-corrected chi connectivity index (χ0v) is 9.81.